The van der Waals surface area contributed by atoms with Gasteiger partial charge in [-0.1, -0.05) is 31.2 Å². The van der Waals surface area contributed by atoms with Gasteiger partial charge in [0.25, 0.3) is 0 Å². The van der Waals surface area contributed by atoms with Crippen molar-refractivity contribution in [3.63, 3.8) is 0 Å². The Labute approximate surface area is 252 Å². The summed E-state index contributed by atoms with van der Waals surface area (Å²) in [5, 5.41) is 44.9. The van der Waals surface area contributed by atoms with E-state index >= 15 is 0 Å². The first kappa shape index (κ1) is 33.7. The Morgan fingerprint density at radius 3 is 2.00 bits per heavy atom. The number of carbonyl (C=O) groups is 4. The number of aliphatic carboxylic acids is 4. The number of hydrazine groups is 1. The summed E-state index contributed by atoms with van der Waals surface area (Å²) in [5.74, 6) is -2.98. The number of carboxylic acid groups (broad SMARTS) is 4. The molecular formula is C30H36FN5O8. The number of nitrogens with zero attached hydrogens (tertiary/aromatic N) is 4. The molecule has 0 saturated carbocycles. The molecule has 0 spiro atoms. The van der Waals surface area contributed by atoms with Gasteiger partial charge in [-0.05, 0) is 37.0 Å². The molecule has 1 aromatic carbocycles. The van der Waals surface area contributed by atoms with Gasteiger partial charge in [0.1, 0.15) is 5.82 Å². The third-order valence-corrected chi connectivity index (χ3v) is 7.39. The van der Waals surface area contributed by atoms with Gasteiger partial charge in [0.05, 0.1) is 5.52 Å². The van der Waals surface area contributed by atoms with E-state index in [1.165, 1.54) is 25.0 Å². The van der Waals surface area contributed by atoms with Crippen molar-refractivity contribution in [2.75, 3.05) is 37.6 Å². The fraction of sp³-hybridized carbons (Fsp3) is 0.367. The fourth-order valence-electron chi connectivity index (χ4n) is 5.52. The summed E-state index contributed by atoms with van der Waals surface area (Å²) in [6.45, 7) is 7.34. The van der Waals surface area contributed by atoms with Gasteiger partial charge < -0.3 is 25.3 Å². The first-order valence-electron chi connectivity index (χ1n) is 14.0. The minimum absolute atomic E-state index is 0.229. The zero-order valence-corrected chi connectivity index (χ0v) is 24.1. The molecule has 3 heterocycles. The second-order valence-corrected chi connectivity index (χ2v) is 10.1. The van der Waals surface area contributed by atoms with Crippen LogP contribution in [0.3, 0.4) is 0 Å². The maximum Gasteiger partial charge on any atom is 0.328 e. The molecule has 13 nitrogen and oxygen atoms in total. The zero-order valence-electron chi connectivity index (χ0n) is 24.1. The molecule has 0 amide bonds. The van der Waals surface area contributed by atoms with Crippen LogP contribution in [0.2, 0.25) is 0 Å². The third-order valence-electron chi connectivity index (χ3n) is 7.39. The van der Waals surface area contributed by atoms with Crippen molar-refractivity contribution in [2.24, 2.45) is 11.8 Å². The topological polar surface area (TPSA) is 188 Å². The smallest absolute Gasteiger partial charge is 0.328 e. The maximum atomic E-state index is 13.5. The minimum atomic E-state index is -1.26. The lowest BCUT2D eigenvalue weighted by molar-refractivity contribution is -0.134. The predicted molar refractivity (Wildman–Crippen MR) is 159 cm³/mol. The van der Waals surface area contributed by atoms with Crippen LogP contribution in [-0.2, 0) is 19.2 Å². The van der Waals surface area contributed by atoms with Crippen LogP contribution in [0.15, 0.2) is 66.8 Å². The molecule has 44 heavy (non-hydrogen) atoms. The monoisotopic (exact) mass is 613 g/mol. The van der Waals surface area contributed by atoms with Crippen LogP contribution < -0.4 is 4.90 Å². The molecular weight excluding hydrogens is 577 g/mol. The van der Waals surface area contributed by atoms with Crippen LogP contribution in [0.4, 0.5) is 10.2 Å². The first-order valence-corrected chi connectivity index (χ1v) is 14.0. The number of H-pyrrole nitrogens is 1. The van der Waals surface area contributed by atoms with E-state index in [4.69, 9.17) is 20.4 Å². The van der Waals surface area contributed by atoms with Crippen molar-refractivity contribution in [1.82, 2.24) is 20.2 Å². The minimum Gasteiger partial charge on any atom is -0.478 e. The van der Waals surface area contributed by atoms with Crippen molar-refractivity contribution in [3.05, 3.63) is 72.6 Å². The van der Waals surface area contributed by atoms with E-state index < -0.39 is 23.9 Å². The van der Waals surface area contributed by atoms with Crippen LogP contribution in [0.5, 0.6) is 0 Å². The highest BCUT2D eigenvalue weighted by Crippen LogP contribution is 2.36. The van der Waals surface area contributed by atoms with Gasteiger partial charge in [-0.15, -0.1) is 0 Å². The standard InChI is InChI=1S/C22H28FN5.2C4H4O4/c1-2-21-18-6-4-3-5-16(18)9-10-28(21)27-13-11-26(12-14-27)22-19-8-7-17(23)15-20(19)24-25-22;2*5-3(6)1-2-4(7)8/h3-8,15-16,18,21H,2,9-14H2,1H3,(H,24,25);2*1-2H,(H,5,6)(H,7,8)/b;2*2-1+. The number of benzene rings is 1. The molecule has 3 atom stereocenters. The van der Waals surface area contributed by atoms with Crippen molar-refractivity contribution in [1.29, 1.82) is 0 Å². The first-order chi connectivity index (χ1) is 21.0. The van der Waals surface area contributed by atoms with Gasteiger partial charge in [0.2, 0.25) is 0 Å². The summed E-state index contributed by atoms with van der Waals surface area (Å²) < 4.78 is 13.5. The Morgan fingerprint density at radius 2 is 1.45 bits per heavy atom. The molecule has 5 N–H and O–H groups in total. The molecule has 5 rings (SSSR count). The quantitative estimate of drug-likeness (QED) is 0.288. The molecule has 1 aromatic heterocycles. The second kappa shape index (κ2) is 16.1. The Hall–Kier alpha value is -4.82. The van der Waals surface area contributed by atoms with E-state index in [0.717, 1.165) is 49.4 Å². The van der Waals surface area contributed by atoms with Crippen LogP contribution in [0.25, 0.3) is 10.9 Å². The van der Waals surface area contributed by atoms with Gasteiger partial charge in [0.15, 0.2) is 5.82 Å². The summed E-state index contributed by atoms with van der Waals surface area (Å²) >= 11 is 0. The lowest BCUT2D eigenvalue weighted by Crippen LogP contribution is -2.61. The van der Waals surface area contributed by atoms with Crippen molar-refractivity contribution >= 4 is 40.6 Å². The van der Waals surface area contributed by atoms with Gasteiger partial charge in [0, 0.05) is 74.4 Å². The van der Waals surface area contributed by atoms with E-state index in [1.54, 1.807) is 0 Å². The summed E-state index contributed by atoms with van der Waals surface area (Å²) in [6.07, 6.45) is 13.9. The number of halogens is 1. The number of allylic oxidation sites excluding steroid dienone is 3. The Kier molecular flexibility index (Phi) is 12.4. The van der Waals surface area contributed by atoms with Gasteiger partial charge in [-0.3, -0.25) is 5.10 Å². The number of carboxylic acids is 4. The van der Waals surface area contributed by atoms with Gasteiger partial charge in [-0.25, -0.2) is 33.6 Å². The molecule has 14 heteroatoms. The number of piperazine rings is 1. The number of piperidine rings is 1. The van der Waals surface area contributed by atoms with E-state index in [2.05, 4.69) is 56.3 Å². The number of rotatable bonds is 7. The number of hydrogen-bond acceptors (Lipinski definition) is 8. The van der Waals surface area contributed by atoms with Crippen LogP contribution in [0, 0.1) is 17.7 Å². The summed E-state index contributed by atoms with van der Waals surface area (Å²) in [5.41, 5.74) is 0.766. The summed E-state index contributed by atoms with van der Waals surface area (Å²) in [4.78, 5) is 40.5. The van der Waals surface area contributed by atoms with Crippen LogP contribution in [0.1, 0.15) is 19.8 Å². The number of fused-ring (bicyclic) bond motifs is 2. The Bertz CT molecular complexity index is 1380. The lowest BCUT2D eigenvalue weighted by atomic mass is 9.77. The highest BCUT2D eigenvalue weighted by atomic mass is 19.1. The van der Waals surface area contributed by atoms with Crippen molar-refractivity contribution < 1.29 is 44.0 Å². The molecule has 236 valence electrons. The van der Waals surface area contributed by atoms with E-state index in [0.29, 0.717) is 42.2 Å². The number of nitrogens with one attached hydrogen (secondary N) is 1. The van der Waals surface area contributed by atoms with E-state index in [1.807, 2.05) is 6.07 Å². The number of anilines is 1. The SMILES string of the molecule is CCC1C2C=CC=CC2CCN1N1CCN(c2n[nH]c3cc(F)ccc23)CC1.O=C(O)/C=C/C(=O)O.O=C(O)/C=C/C(=O)O. The van der Waals surface area contributed by atoms with Crippen LogP contribution in [-0.4, -0.2) is 103 Å². The third kappa shape index (κ3) is 9.61. The molecule has 0 radical (unpaired) electrons. The predicted octanol–water partition coefficient (Wildman–Crippen LogP) is 3.01. The number of aromatic nitrogens is 2. The molecule has 2 saturated heterocycles. The van der Waals surface area contributed by atoms with Gasteiger partial charge in [-0.2, -0.15) is 5.10 Å². The summed E-state index contributed by atoms with van der Waals surface area (Å²) in [6, 6.07) is 5.45. The number of hydrogen-bond donors (Lipinski definition) is 5. The Morgan fingerprint density at radius 1 is 0.886 bits per heavy atom. The summed E-state index contributed by atoms with van der Waals surface area (Å²) in [7, 11) is 0. The van der Waals surface area contributed by atoms with Crippen molar-refractivity contribution in [2.45, 2.75) is 25.8 Å². The van der Waals surface area contributed by atoms with E-state index in [9.17, 15) is 23.6 Å². The lowest BCUT2D eigenvalue weighted by Gasteiger charge is -2.51. The molecule has 1 aliphatic carbocycles. The van der Waals surface area contributed by atoms with Crippen LogP contribution >= 0.6 is 0 Å². The zero-order chi connectivity index (χ0) is 32.2. The molecule has 3 aliphatic rings. The highest BCUT2D eigenvalue weighted by molar-refractivity contribution is 5.91. The van der Waals surface area contributed by atoms with Crippen molar-refractivity contribution in [3.8, 4) is 0 Å². The normalized spacial score (nSPS) is 21.8. The fourth-order valence-corrected chi connectivity index (χ4v) is 5.52. The molecule has 2 aliphatic heterocycles. The van der Waals surface area contributed by atoms with E-state index in [-0.39, 0.29) is 5.82 Å². The molecule has 2 aromatic rings. The molecule has 0 bridgehead atoms. The average Bonchev–Trinajstić information content (AvgIpc) is 3.42. The number of aromatic amines is 1. The molecule has 2 fully saturated rings. The average molecular weight is 614 g/mol. The largest absolute Gasteiger partial charge is 0.478 e. The van der Waals surface area contributed by atoms with Gasteiger partial charge >= 0.3 is 23.9 Å². The Balaban J connectivity index is 0.000000275. The second-order valence-electron chi connectivity index (χ2n) is 10.1. The highest BCUT2D eigenvalue weighted by Gasteiger charge is 2.38. The maximum absolute atomic E-state index is 13.5. The molecule has 3 unspecified atom stereocenters.